The van der Waals surface area contributed by atoms with Crippen LogP contribution in [0.2, 0.25) is 0 Å². The van der Waals surface area contributed by atoms with Crippen molar-refractivity contribution in [3.05, 3.63) is 93.2 Å². The number of carbonyl (C=O) groups is 1. The van der Waals surface area contributed by atoms with Crippen LogP contribution in [0, 0.1) is 6.92 Å². The van der Waals surface area contributed by atoms with Crippen LogP contribution >= 0.6 is 0 Å². The number of urea groups is 1. The molecular formula is C23H26N4O3. The van der Waals surface area contributed by atoms with E-state index in [0.29, 0.717) is 38.0 Å². The first kappa shape index (κ1) is 21.1. The Morgan fingerprint density at radius 1 is 1.03 bits per heavy atom. The van der Waals surface area contributed by atoms with Gasteiger partial charge in [-0.1, -0.05) is 42.5 Å². The number of aromatic nitrogens is 2. The fraction of sp³-hybridized carbons (Fsp3) is 0.261. The minimum absolute atomic E-state index is 0.168. The molecule has 3 aromatic rings. The summed E-state index contributed by atoms with van der Waals surface area (Å²) in [6, 6.07) is 16.2. The molecule has 7 nitrogen and oxygen atoms in total. The Bertz CT molecular complexity index is 1030. The lowest BCUT2D eigenvalue weighted by atomic mass is 10.1. The highest BCUT2D eigenvalue weighted by Gasteiger charge is 2.09. The zero-order valence-electron chi connectivity index (χ0n) is 16.9. The van der Waals surface area contributed by atoms with Crippen LogP contribution in [0.15, 0.2) is 59.4 Å². The second-order valence-corrected chi connectivity index (χ2v) is 7.12. The number of aromatic amines is 1. The average Bonchev–Trinajstić information content (AvgIpc) is 2.74. The monoisotopic (exact) mass is 406 g/mol. The first-order valence-electron chi connectivity index (χ1n) is 9.93. The van der Waals surface area contributed by atoms with Gasteiger partial charge < -0.3 is 20.7 Å². The maximum absolute atomic E-state index is 12.4. The molecule has 0 spiro atoms. The Hall–Kier alpha value is -3.61. The minimum Gasteiger partial charge on any atom is -0.508 e. The Morgan fingerprint density at radius 3 is 2.50 bits per heavy atom. The molecule has 0 atom stereocenters. The van der Waals surface area contributed by atoms with Gasteiger partial charge in [0.25, 0.3) is 5.56 Å². The summed E-state index contributed by atoms with van der Waals surface area (Å²) >= 11 is 0. The molecule has 0 aliphatic rings. The van der Waals surface area contributed by atoms with Crippen LogP contribution in [0.25, 0.3) is 0 Å². The highest BCUT2D eigenvalue weighted by molar-refractivity contribution is 5.73. The van der Waals surface area contributed by atoms with E-state index in [4.69, 9.17) is 0 Å². The largest absolute Gasteiger partial charge is 0.508 e. The van der Waals surface area contributed by atoms with E-state index in [0.717, 1.165) is 22.5 Å². The van der Waals surface area contributed by atoms with Crippen LogP contribution in [0.1, 0.15) is 34.6 Å². The number of nitrogens with zero attached hydrogens (tertiary/aromatic N) is 1. The van der Waals surface area contributed by atoms with Crippen LogP contribution in [-0.4, -0.2) is 27.7 Å². The fourth-order valence-electron chi connectivity index (χ4n) is 3.10. The summed E-state index contributed by atoms with van der Waals surface area (Å²) in [4.78, 5) is 31.7. The summed E-state index contributed by atoms with van der Waals surface area (Å²) in [6.07, 6.45) is 1.81. The van der Waals surface area contributed by atoms with Gasteiger partial charge in [0, 0.05) is 25.2 Å². The number of phenolic OH excluding ortho intramolecular Hbond substituents is 1. The molecule has 0 saturated heterocycles. The highest BCUT2D eigenvalue weighted by Crippen LogP contribution is 2.09. The van der Waals surface area contributed by atoms with Crippen molar-refractivity contribution in [2.24, 2.45) is 0 Å². The van der Waals surface area contributed by atoms with E-state index >= 15 is 0 Å². The molecule has 0 aliphatic heterocycles. The lowest BCUT2D eigenvalue weighted by Gasteiger charge is -2.10. The Kier molecular flexibility index (Phi) is 7.21. The molecule has 7 heteroatoms. The molecule has 30 heavy (non-hydrogen) atoms. The molecule has 3 rings (SSSR count). The number of aromatic hydroxyl groups is 1. The van der Waals surface area contributed by atoms with Crippen molar-refractivity contribution in [1.82, 2.24) is 20.6 Å². The van der Waals surface area contributed by atoms with E-state index in [2.05, 4.69) is 20.6 Å². The van der Waals surface area contributed by atoms with Crippen LogP contribution in [0.4, 0.5) is 4.79 Å². The fourth-order valence-corrected chi connectivity index (χ4v) is 3.10. The summed E-state index contributed by atoms with van der Waals surface area (Å²) in [6.45, 7) is 2.75. The number of amides is 2. The van der Waals surface area contributed by atoms with E-state index in [9.17, 15) is 14.7 Å². The number of rotatable bonds is 8. The third kappa shape index (κ3) is 6.20. The van der Waals surface area contributed by atoms with Gasteiger partial charge >= 0.3 is 6.03 Å². The van der Waals surface area contributed by atoms with Gasteiger partial charge in [0.1, 0.15) is 11.4 Å². The van der Waals surface area contributed by atoms with Crippen molar-refractivity contribution in [3.8, 4) is 5.75 Å². The quantitative estimate of drug-likeness (QED) is 0.432. The Balaban J connectivity index is 1.44. The van der Waals surface area contributed by atoms with Gasteiger partial charge in [-0.15, -0.1) is 0 Å². The molecule has 2 amide bonds. The molecule has 0 aliphatic carbocycles. The number of hydrogen-bond acceptors (Lipinski definition) is 4. The van der Waals surface area contributed by atoms with Gasteiger partial charge in [-0.25, -0.2) is 4.79 Å². The number of H-pyrrole nitrogens is 1. The lowest BCUT2D eigenvalue weighted by molar-refractivity contribution is 0.240. The molecule has 1 heterocycles. The van der Waals surface area contributed by atoms with Gasteiger partial charge in [0.15, 0.2) is 0 Å². The molecular weight excluding hydrogens is 380 g/mol. The standard InChI is InChI=1S/C23H26N4O3/c1-16-20(27-22(29)21(26-16)14-17-6-3-2-4-7-17)8-5-13-24-23(30)25-15-18-9-11-19(28)12-10-18/h2-4,6-7,9-12,28H,5,8,13-15H2,1H3,(H,27,29)(H2,24,25,30). The van der Waals surface area contributed by atoms with Gasteiger partial charge in [0.2, 0.25) is 0 Å². The predicted molar refractivity (Wildman–Crippen MR) is 116 cm³/mol. The van der Waals surface area contributed by atoms with Gasteiger partial charge in [-0.2, -0.15) is 0 Å². The van der Waals surface area contributed by atoms with Gasteiger partial charge in [-0.05, 0) is 43.0 Å². The molecule has 2 aromatic carbocycles. The summed E-state index contributed by atoms with van der Waals surface area (Å²) < 4.78 is 0. The van der Waals surface area contributed by atoms with E-state index in [1.54, 1.807) is 24.3 Å². The molecule has 4 N–H and O–H groups in total. The highest BCUT2D eigenvalue weighted by atomic mass is 16.3. The predicted octanol–water partition coefficient (Wildman–Crippen LogP) is 2.81. The topological polar surface area (TPSA) is 107 Å². The first-order chi connectivity index (χ1) is 14.5. The van der Waals surface area contributed by atoms with Crippen molar-refractivity contribution < 1.29 is 9.90 Å². The molecule has 0 saturated carbocycles. The second kappa shape index (κ2) is 10.2. The van der Waals surface area contributed by atoms with Crippen LogP contribution in [0.5, 0.6) is 5.75 Å². The number of aryl methyl sites for hydroxylation is 2. The number of phenols is 1. The zero-order chi connectivity index (χ0) is 21.3. The molecule has 0 unspecified atom stereocenters. The van der Waals surface area contributed by atoms with Crippen molar-refractivity contribution in [2.75, 3.05) is 6.54 Å². The minimum atomic E-state index is -0.260. The smallest absolute Gasteiger partial charge is 0.315 e. The number of nitrogens with one attached hydrogen (secondary N) is 3. The Morgan fingerprint density at radius 2 is 1.77 bits per heavy atom. The number of benzene rings is 2. The van der Waals surface area contributed by atoms with Crippen LogP contribution < -0.4 is 16.2 Å². The van der Waals surface area contributed by atoms with Gasteiger partial charge in [0.05, 0.1) is 5.69 Å². The van der Waals surface area contributed by atoms with E-state index < -0.39 is 0 Å². The molecule has 0 fully saturated rings. The van der Waals surface area contributed by atoms with Crippen molar-refractivity contribution >= 4 is 6.03 Å². The third-order valence-corrected chi connectivity index (χ3v) is 4.76. The summed E-state index contributed by atoms with van der Waals surface area (Å²) in [5.41, 5.74) is 3.89. The number of hydrogen-bond donors (Lipinski definition) is 4. The summed E-state index contributed by atoms with van der Waals surface area (Å²) in [7, 11) is 0. The van der Waals surface area contributed by atoms with Crippen LogP contribution in [0.3, 0.4) is 0 Å². The van der Waals surface area contributed by atoms with E-state index in [1.807, 2.05) is 37.3 Å². The third-order valence-electron chi connectivity index (χ3n) is 4.76. The molecule has 1 aromatic heterocycles. The maximum Gasteiger partial charge on any atom is 0.315 e. The number of carbonyl (C=O) groups excluding carboxylic acids is 1. The van der Waals surface area contributed by atoms with Crippen molar-refractivity contribution in [3.63, 3.8) is 0 Å². The van der Waals surface area contributed by atoms with E-state index in [-0.39, 0.29) is 17.3 Å². The molecule has 156 valence electrons. The van der Waals surface area contributed by atoms with Crippen molar-refractivity contribution in [2.45, 2.75) is 32.7 Å². The Labute approximate surface area is 175 Å². The second-order valence-electron chi connectivity index (χ2n) is 7.12. The maximum atomic E-state index is 12.4. The first-order valence-corrected chi connectivity index (χ1v) is 9.93. The van der Waals surface area contributed by atoms with E-state index in [1.165, 1.54) is 0 Å². The van der Waals surface area contributed by atoms with Crippen molar-refractivity contribution in [1.29, 1.82) is 0 Å². The van der Waals surface area contributed by atoms with Crippen LogP contribution in [-0.2, 0) is 19.4 Å². The lowest BCUT2D eigenvalue weighted by Crippen LogP contribution is -2.35. The zero-order valence-corrected chi connectivity index (χ0v) is 16.9. The SMILES string of the molecule is Cc1nc(Cc2ccccc2)c(=O)[nH]c1CCCNC(=O)NCc1ccc(O)cc1. The normalized spacial score (nSPS) is 10.6. The summed E-state index contributed by atoms with van der Waals surface area (Å²) in [5, 5.41) is 14.8. The molecule has 0 bridgehead atoms. The summed E-state index contributed by atoms with van der Waals surface area (Å²) in [5.74, 6) is 0.194. The van der Waals surface area contributed by atoms with Gasteiger partial charge in [-0.3, -0.25) is 9.78 Å². The average molecular weight is 406 g/mol. The molecule has 0 radical (unpaired) electrons.